The van der Waals surface area contributed by atoms with Crippen LogP contribution in [-0.4, -0.2) is 25.9 Å². The molecule has 0 amide bonds. The summed E-state index contributed by atoms with van der Waals surface area (Å²) in [7, 11) is 0. The molecule has 2 heterocycles. The van der Waals surface area contributed by atoms with Crippen LogP contribution in [0.5, 0.6) is 5.75 Å². The van der Waals surface area contributed by atoms with E-state index in [9.17, 15) is 13.2 Å². The quantitative estimate of drug-likeness (QED) is 0.748. The fourth-order valence-electron chi connectivity index (χ4n) is 2.25. The van der Waals surface area contributed by atoms with Gasteiger partial charge in [-0.15, -0.1) is 0 Å². The predicted octanol–water partition coefficient (Wildman–Crippen LogP) is 2.86. The minimum Gasteiger partial charge on any atom is -0.489 e. The first-order valence-electron chi connectivity index (χ1n) is 5.62. The molecule has 0 aromatic heterocycles. The van der Waals surface area contributed by atoms with Crippen molar-refractivity contribution in [2.45, 2.75) is 6.18 Å². The molecule has 2 N–H and O–H groups in total. The van der Waals surface area contributed by atoms with Crippen molar-refractivity contribution in [2.24, 2.45) is 0 Å². The summed E-state index contributed by atoms with van der Waals surface area (Å²) in [5.41, 5.74) is 0.557. The van der Waals surface area contributed by atoms with Crippen LogP contribution in [0.4, 0.5) is 24.5 Å². The number of fused-ring (bicyclic) bond motifs is 3. The molecule has 3 rings (SSSR count). The molecule has 2 aliphatic heterocycles. The summed E-state index contributed by atoms with van der Waals surface area (Å²) in [4.78, 5) is 0. The fraction of sp³-hybridized carbons (Fsp3) is 0.333. The molecule has 0 saturated carbocycles. The summed E-state index contributed by atoms with van der Waals surface area (Å²) >= 11 is 0. The number of anilines is 2. The molecule has 0 unspecified atom stereocenters. The van der Waals surface area contributed by atoms with Crippen LogP contribution in [0.1, 0.15) is 5.56 Å². The maximum Gasteiger partial charge on any atom is 0.416 e. The third-order valence-corrected chi connectivity index (χ3v) is 3.00. The Hall–Kier alpha value is -1.85. The van der Waals surface area contributed by atoms with Gasteiger partial charge in [0.1, 0.15) is 6.61 Å². The number of rotatable bonds is 0. The van der Waals surface area contributed by atoms with E-state index >= 15 is 0 Å². The van der Waals surface area contributed by atoms with Crippen LogP contribution in [-0.2, 0) is 0 Å². The Morgan fingerprint density at radius 3 is 2.67 bits per heavy atom. The summed E-state index contributed by atoms with van der Waals surface area (Å²) in [5.74, 6) is 0.287. The van der Waals surface area contributed by atoms with Crippen LogP contribution in [0, 0.1) is 0 Å². The highest BCUT2D eigenvalue weighted by atomic mass is 19.4. The van der Waals surface area contributed by atoms with E-state index in [-0.39, 0.29) is 17.9 Å². The molecule has 2 aliphatic rings. The van der Waals surface area contributed by atoms with E-state index in [2.05, 4.69) is 10.6 Å². The van der Waals surface area contributed by atoms with Gasteiger partial charge in [-0.2, -0.15) is 13.2 Å². The van der Waals surface area contributed by atoms with Gasteiger partial charge in [-0.1, -0.05) is 6.08 Å². The molecule has 96 valence electrons. The van der Waals surface area contributed by atoms with Crippen LogP contribution < -0.4 is 15.4 Å². The van der Waals surface area contributed by atoms with Gasteiger partial charge < -0.3 is 15.4 Å². The van der Waals surface area contributed by atoms with Crippen molar-refractivity contribution in [1.82, 2.24) is 0 Å². The number of allylic oxidation sites excluding steroid dienone is 1. The molecule has 0 bridgehead atoms. The largest absolute Gasteiger partial charge is 0.489 e. The SMILES string of the molecule is FC(F)(F)C1=CCNc2ccc3c(c21)OCCN3. The van der Waals surface area contributed by atoms with E-state index < -0.39 is 11.7 Å². The second-order valence-electron chi connectivity index (χ2n) is 4.14. The van der Waals surface area contributed by atoms with Gasteiger partial charge >= 0.3 is 6.18 Å². The molecular formula is C12H11F3N2O. The lowest BCUT2D eigenvalue weighted by molar-refractivity contribution is -0.0691. The molecule has 0 aliphatic carbocycles. The van der Waals surface area contributed by atoms with Crippen LogP contribution >= 0.6 is 0 Å². The highest BCUT2D eigenvalue weighted by Crippen LogP contribution is 2.47. The lowest BCUT2D eigenvalue weighted by Crippen LogP contribution is -2.23. The first-order valence-corrected chi connectivity index (χ1v) is 5.62. The third-order valence-electron chi connectivity index (χ3n) is 3.00. The second kappa shape index (κ2) is 3.83. The molecule has 1 aromatic rings. The molecule has 0 radical (unpaired) electrons. The van der Waals surface area contributed by atoms with Gasteiger partial charge in [0.05, 0.1) is 16.8 Å². The van der Waals surface area contributed by atoms with E-state index in [0.717, 1.165) is 6.08 Å². The zero-order valence-corrected chi connectivity index (χ0v) is 9.40. The average Bonchev–Trinajstić information content (AvgIpc) is 2.36. The minimum atomic E-state index is -4.37. The Morgan fingerprint density at radius 1 is 1.11 bits per heavy atom. The van der Waals surface area contributed by atoms with Crippen LogP contribution in [0.15, 0.2) is 18.2 Å². The maximum atomic E-state index is 13.0. The molecule has 6 heteroatoms. The van der Waals surface area contributed by atoms with Crippen LogP contribution in [0.3, 0.4) is 0 Å². The van der Waals surface area contributed by atoms with Gasteiger partial charge in [-0.3, -0.25) is 0 Å². The molecule has 3 nitrogen and oxygen atoms in total. The second-order valence-corrected chi connectivity index (χ2v) is 4.14. The first-order chi connectivity index (χ1) is 8.57. The molecule has 1 aromatic carbocycles. The number of halogens is 3. The van der Waals surface area contributed by atoms with E-state index in [4.69, 9.17) is 4.74 Å². The van der Waals surface area contributed by atoms with Crippen molar-refractivity contribution in [3.63, 3.8) is 0 Å². The average molecular weight is 256 g/mol. The lowest BCUT2D eigenvalue weighted by Gasteiger charge is -2.28. The van der Waals surface area contributed by atoms with Crippen molar-refractivity contribution in [2.75, 3.05) is 30.3 Å². The van der Waals surface area contributed by atoms with E-state index in [1.165, 1.54) is 0 Å². The molecular weight excluding hydrogens is 245 g/mol. The number of ether oxygens (including phenoxy) is 1. The third kappa shape index (κ3) is 1.68. The van der Waals surface area contributed by atoms with Crippen molar-refractivity contribution in [3.8, 4) is 5.75 Å². The van der Waals surface area contributed by atoms with Crippen LogP contribution in [0.2, 0.25) is 0 Å². The smallest absolute Gasteiger partial charge is 0.416 e. The summed E-state index contributed by atoms with van der Waals surface area (Å²) in [6.07, 6.45) is -3.21. The maximum absolute atomic E-state index is 13.0. The minimum absolute atomic E-state index is 0.110. The van der Waals surface area contributed by atoms with Crippen molar-refractivity contribution in [3.05, 3.63) is 23.8 Å². The highest BCUT2D eigenvalue weighted by Gasteiger charge is 2.39. The van der Waals surface area contributed by atoms with Gasteiger partial charge in [0, 0.05) is 18.8 Å². The summed E-state index contributed by atoms with van der Waals surface area (Å²) in [6, 6.07) is 3.38. The van der Waals surface area contributed by atoms with E-state index in [0.29, 0.717) is 24.5 Å². The standard InChI is InChI=1S/C12H11F3N2O/c13-12(14,15)7-3-4-16-8-1-2-9-11(10(7)8)18-6-5-17-9/h1-3,16-17H,4-6H2. The van der Waals surface area contributed by atoms with Gasteiger partial charge in [-0.05, 0) is 12.1 Å². The topological polar surface area (TPSA) is 33.3 Å². The van der Waals surface area contributed by atoms with Gasteiger partial charge in [-0.25, -0.2) is 0 Å². The zero-order chi connectivity index (χ0) is 12.8. The van der Waals surface area contributed by atoms with Crippen molar-refractivity contribution >= 4 is 16.9 Å². The first kappa shape index (κ1) is 11.3. The summed E-state index contributed by atoms with van der Waals surface area (Å²) in [5, 5.41) is 5.97. The van der Waals surface area contributed by atoms with E-state index in [1.54, 1.807) is 12.1 Å². The summed E-state index contributed by atoms with van der Waals surface area (Å²) in [6.45, 7) is 1.15. The van der Waals surface area contributed by atoms with E-state index in [1.807, 2.05) is 0 Å². The summed E-state index contributed by atoms with van der Waals surface area (Å²) < 4.78 is 44.5. The Balaban J connectivity index is 2.20. The zero-order valence-electron chi connectivity index (χ0n) is 9.40. The molecule has 0 spiro atoms. The number of benzene rings is 1. The molecule has 0 saturated heterocycles. The fourth-order valence-corrected chi connectivity index (χ4v) is 2.25. The van der Waals surface area contributed by atoms with Crippen LogP contribution in [0.25, 0.3) is 5.57 Å². The normalized spacial score (nSPS) is 17.6. The number of nitrogens with one attached hydrogen (secondary N) is 2. The lowest BCUT2D eigenvalue weighted by atomic mass is 9.97. The highest BCUT2D eigenvalue weighted by molar-refractivity contribution is 5.89. The monoisotopic (exact) mass is 256 g/mol. The molecule has 0 fully saturated rings. The van der Waals surface area contributed by atoms with Crippen molar-refractivity contribution < 1.29 is 17.9 Å². The van der Waals surface area contributed by atoms with Gasteiger partial charge in [0.25, 0.3) is 0 Å². The molecule has 0 atom stereocenters. The predicted molar refractivity (Wildman–Crippen MR) is 62.9 cm³/mol. The number of alkyl halides is 3. The Bertz CT molecular complexity index is 523. The number of hydrogen-bond donors (Lipinski definition) is 2. The molecule has 18 heavy (non-hydrogen) atoms. The van der Waals surface area contributed by atoms with Gasteiger partial charge in [0.2, 0.25) is 0 Å². The van der Waals surface area contributed by atoms with Crippen molar-refractivity contribution in [1.29, 1.82) is 0 Å². The van der Waals surface area contributed by atoms with Gasteiger partial charge in [0.15, 0.2) is 5.75 Å². The Labute approximate surface area is 102 Å². The Kier molecular flexibility index (Phi) is 2.39. The number of hydrogen-bond acceptors (Lipinski definition) is 3. The Morgan fingerprint density at radius 2 is 1.89 bits per heavy atom.